The standard InChI is InChI=1S/C25H32N4O3/c1-6-13-29-18(4)14-20(19(29)5)15-21(16-26)25(31)32-17-24(30)27-22-9-11-23(12-10-22)28(7-2)8-3/h9-12,14-15H,6-8,13,17H2,1-5H3,(H,27,30)/b21-15+. The SMILES string of the molecule is CCCn1c(C)cc(/C=C(\C#N)C(=O)OCC(=O)Nc2ccc(N(CC)CC)cc2)c1C. The largest absolute Gasteiger partial charge is 0.451 e. The number of hydrogen-bond acceptors (Lipinski definition) is 5. The molecule has 2 rings (SSSR count). The topological polar surface area (TPSA) is 87.4 Å². The van der Waals surface area contributed by atoms with Crippen LogP contribution in [0.3, 0.4) is 0 Å². The molecule has 0 fully saturated rings. The van der Waals surface area contributed by atoms with E-state index in [2.05, 4.69) is 35.6 Å². The van der Waals surface area contributed by atoms with Gasteiger partial charge in [0.15, 0.2) is 6.61 Å². The molecule has 0 bridgehead atoms. The Bertz CT molecular complexity index is 1010. The Morgan fingerprint density at radius 2 is 1.81 bits per heavy atom. The van der Waals surface area contributed by atoms with Crippen molar-refractivity contribution in [1.82, 2.24) is 4.57 Å². The number of benzene rings is 1. The number of carbonyl (C=O) groups excluding carboxylic acids is 2. The highest BCUT2D eigenvalue weighted by Crippen LogP contribution is 2.20. The summed E-state index contributed by atoms with van der Waals surface area (Å²) in [6.45, 7) is 12.4. The Hall–Kier alpha value is -3.53. The molecule has 0 radical (unpaired) electrons. The Morgan fingerprint density at radius 1 is 1.16 bits per heavy atom. The number of ether oxygens (including phenoxy) is 1. The van der Waals surface area contributed by atoms with Crippen LogP contribution in [0.25, 0.3) is 6.08 Å². The molecule has 170 valence electrons. The second-order valence-corrected chi connectivity index (χ2v) is 7.49. The van der Waals surface area contributed by atoms with E-state index in [9.17, 15) is 14.9 Å². The molecule has 1 heterocycles. The normalized spacial score (nSPS) is 11.1. The summed E-state index contributed by atoms with van der Waals surface area (Å²) in [5, 5.41) is 12.1. The van der Waals surface area contributed by atoms with Crippen molar-refractivity contribution in [3.63, 3.8) is 0 Å². The second kappa shape index (κ2) is 11.8. The fourth-order valence-corrected chi connectivity index (χ4v) is 3.58. The molecule has 0 aliphatic heterocycles. The van der Waals surface area contributed by atoms with Crippen molar-refractivity contribution in [3.8, 4) is 6.07 Å². The third-order valence-electron chi connectivity index (χ3n) is 5.31. The minimum absolute atomic E-state index is 0.141. The van der Waals surface area contributed by atoms with Crippen molar-refractivity contribution < 1.29 is 14.3 Å². The summed E-state index contributed by atoms with van der Waals surface area (Å²) in [7, 11) is 0. The highest BCUT2D eigenvalue weighted by molar-refractivity contribution is 6.00. The summed E-state index contributed by atoms with van der Waals surface area (Å²) in [6.07, 6.45) is 2.50. The number of hydrogen-bond donors (Lipinski definition) is 1. The Balaban J connectivity index is 1.98. The van der Waals surface area contributed by atoms with Gasteiger partial charge in [-0.2, -0.15) is 5.26 Å². The van der Waals surface area contributed by atoms with Gasteiger partial charge in [0, 0.05) is 42.4 Å². The number of esters is 1. The quantitative estimate of drug-likeness (QED) is 0.338. The number of amides is 1. The van der Waals surface area contributed by atoms with Crippen molar-refractivity contribution >= 4 is 29.3 Å². The molecule has 0 unspecified atom stereocenters. The summed E-state index contributed by atoms with van der Waals surface area (Å²) in [4.78, 5) is 26.7. The van der Waals surface area contributed by atoms with Crippen molar-refractivity contribution in [1.29, 1.82) is 5.26 Å². The number of aryl methyl sites for hydroxylation is 1. The molecular weight excluding hydrogens is 404 g/mol. The molecule has 2 aromatic rings. The number of carbonyl (C=O) groups is 2. The van der Waals surface area contributed by atoms with Crippen LogP contribution in [0.15, 0.2) is 35.9 Å². The van der Waals surface area contributed by atoms with E-state index in [1.54, 1.807) is 12.1 Å². The first-order valence-electron chi connectivity index (χ1n) is 10.9. The van der Waals surface area contributed by atoms with Gasteiger partial charge in [-0.15, -0.1) is 0 Å². The monoisotopic (exact) mass is 436 g/mol. The second-order valence-electron chi connectivity index (χ2n) is 7.49. The molecule has 1 aromatic carbocycles. The highest BCUT2D eigenvalue weighted by Gasteiger charge is 2.15. The van der Waals surface area contributed by atoms with E-state index in [0.717, 1.165) is 48.7 Å². The average molecular weight is 437 g/mol. The van der Waals surface area contributed by atoms with Crippen LogP contribution in [-0.4, -0.2) is 36.1 Å². The fourth-order valence-electron chi connectivity index (χ4n) is 3.58. The maximum absolute atomic E-state index is 12.3. The summed E-state index contributed by atoms with van der Waals surface area (Å²) in [6, 6.07) is 11.3. The van der Waals surface area contributed by atoms with Crippen molar-refractivity contribution in [3.05, 3.63) is 52.9 Å². The molecule has 0 aliphatic carbocycles. The molecule has 0 atom stereocenters. The molecule has 0 aliphatic rings. The zero-order valence-corrected chi connectivity index (χ0v) is 19.6. The van der Waals surface area contributed by atoms with Crippen LogP contribution in [0.2, 0.25) is 0 Å². The molecule has 32 heavy (non-hydrogen) atoms. The lowest BCUT2D eigenvalue weighted by Gasteiger charge is -2.21. The summed E-state index contributed by atoms with van der Waals surface area (Å²) in [5.74, 6) is -1.29. The first kappa shape index (κ1) is 24.7. The Kier molecular flexibility index (Phi) is 9.08. The number of nitrogens with zero attached hydrogens (tertiary/aromatic N) is 3. The van der Waals surface area contributed by atoms with Gasteiger partial charge in [-0.05, 0) is 76.1 Å². The smallest absolute Gasteiger partial charge is 0.349 e. The van der Waals surface area contributed by atoms with Crippen LogP contribution in [0, 0.1) is 25.2 Å². The third kappa shape index (κ3) is 6.24. The van der Waals surface area contributed by atoms with Crippen molar-refractivity contribution in [2.24, 2.45) is 0 Å². The van der Waals surface area contributed by atoms with Gasteiger partial charge in [0.1, 0.15) is 11.6 Å². The summed E-state index contributed by atoms with van der Waals surface area (Å²) in [5.41, 5.74) is 4.38. The Morgan fingerprint density at radius 3 is 2.38 bits per heavy atom. The molecule has 0 saturated heterocycles. The molecule has 1 aromatic heterocycles. The molecule has 7 heteroatoms. The van der Waals surface area contributed by atoms with Gasteiger partial charge in [-0.3, -0.25) is 4.79 Å². The molecule has 0 spiro atoms. The van der Waals surface area contributed by atoms with Gasteiger partial charge in [-0.1, -0.05) is 6.92 Å². The highest BCUT2D eigenvalue weighted by atomic mass is 16.5. The van der Waals surface area contributed by atoms with Gasteiger partial charge >= 0.3 is 5.97 Å². The maximum atomic E-state index is 12.3. The van der Waals surface area contributed by atoms with E-state index in [0.29, 0.717) is 5.69 Å². The maximum Gasteiger partial charge on any atom is 0.349 e. The van der Waals surface area contributed by atoms with Crippen molar-refractivity contribution in [2.45, 2.75) is 47.6 Å². The van der Waals surface area contributed by atoms with Crippen LogP contribution in [0.5, 0.6) is 0 Å². The van der Waals surface area contributed by atoms with E-state index < -0.39 is 18.5 Å². The van der Waals surface area contributed by atoms with E-state index in [1.165, 1.54) is 6.08 Å². The molecule has 1 amide bonds. The predicted molar refractivity (Wildman–Crippen MR) is 127 cm³/mol. The van der Waals surface area contributed by atoms with E-state index >= 15 is 0 Å². The van der Waals surface area contributed by atoms with Gasteiger partial charge in [0.05, 0.1) is 0 Å². The van der Waals surface area contributed by atoms with E-state index in [-0.39, 0.29) is 5.57 Å². The zero-order chi connectivity index (χ0) is 23.7. The molecule has 1 N–H and O–H groups in total. The number of aromatic nitrogens is 1. The van der Waals surface area contributed by atoms with Crippen LogP contribution in [0.4, 0.5) is 11.4 Å². The average Bonchev–Trinajstić information content (AvgIpc) is 3.05. The van der Waals surface area contributed by atoms with Gasteiger partial charge in [-0.25, -0.2) is 4.79 Å². The third-order valence-corrected chi connectivity index (χ3v) is 5.31. The first-order valence-corrected chi connectivity index (χ1v) is 10.9. The summed E-state index contributed by atoms with van der Waals surface area (Å²) < 4.78 is 7.21. The van der Waals surface area contributed by atoms with Crippen molar-refractivity contribution in [2.75, 3.05) is 29.9 Å². The number of rotatable bonds is 10. The fraction of sp³-hybridized carbons (Fsp3) is 0.400. The van der Waals surface area contributed by atoms with Crippen LogP contribution in [-0.2, 0) is 20.9 Å². The van der Waals surface area contributed by atoms with Crippen LogP contribution >= 0.6 is 0 Å². The predicted octanol–water partition coefficient (Wildman–Crippen LogP) is 4.45. The van der Waals surface area contributed by atoms with E-state index in [4.69, 9.17) is 4.74 Å². The van der Waals surface area contributed by atoms with Gasteiger partial charge in [0.25, 0.3) is 5.91 Å². The zero-order valence-electron chi connectivity index (χ0n) is 19.6. The van der Waals surface area contributed by atoms with Crippen LogP contribution in [0.1, 0.15) is 44.1 Å². The van der Waals surface area contributed by atoms with Crippen LogP contribution < -0.4 is 10.2 Å². The van der Waals surface area contributed by atoms with Gasteiger partial charge < -0.3 is 19.5 Å². The van der Waals surface area contributed by atoms with Gasteiger partial charge in [0.2, 0.25) is 0 Å². The molecule has 7 nitrogen and oxygen atoms in total. The van der Waals surface area contributed by atoms with E-state index in [1.807, 2.05) is 38.1 Å². The summed E-state index contributed by atoms with van der Waals surface area (Å²) >= 11 is 0. The number of nitrogens with one attached hydrogen (secondary N) is 1. The lowest BCUT2D eigenvalue weighted by molar-refractivity contribution is -0.142. The number of nitriles is 1. The first-order chi connectivity index (χ1) is 15.3. The lowest BCUT2D eigenvalue weighted by atomic mass is 10.1. The minimum Gasteiger partial charge on any atom is -0.451 e. The molecule has 0 saturated carbocycles. The lowest BCUT2D eigenvalue weighted by Crippen LogP contribution is -2.22. The molecular formula is C25H32N4O3. The number of anilines is 2. The Labute approximate surface area is 190 Å². The minimum atomic E-state index is -0.820.